The van der Waals surface area contributed by atoms with Crippen LogP contribution in [-0.2, 0) is 0 Å². The summed E-state index contributed by atoms with van der Waals surface area (Å²) in [6.07, 6.45) is 15.5. The summed E-state index contributed by atoms with van der Waals surface area (Å²) in [5.41, 5.74) is 1.53. The quantitative estimate of drug-likeness (QED) is 0.275. The van der Waals surface area contributed by atoms with Crippen LogP contribution in [0.5, 0.6) is 0 Å². The summed E-state index contributed by atoms with van der Waals surface area (Å²) in [6.45, 7) is 13.3. The van der Waals surface area contributed by atoms with E-state index in [2.05, 4.69) is 58.0 Å². The first-order valence-corrected chi connectivity index (χ1v) is 11.6. The molecule has 0 saturated heterocycles. The molecule has 0 heterocycles. The SMILES string of the molecule is CCCCCCCCCCCC[N+](CC)(CC)C(CC)c1ccccc1.[Cl-]. The Hall–Kier alpha value is -0.530. The summed E-state index contributed by atoms with van der Waals surface area (Å²) in [5, 5.41) is 0. The third-order valence-electron chi connectivity index (χ3n) is 6.45. The standard InChI is InChI=1S/C25H46N.ClH/c1-5-9-10-11-12-13-14-15-16-20-23-26(7-3,8-4)25(6-2)24-21-18-17-19-22-24;/h17-19,21-22,25H,5-16,20,23H2,1-4H3;1H/q+1;/p-1. The van der Waals surface area contributed by atoms with Gasteiger partial charge in [-0.3, -0.25) is 0 Å². The van der Waals surface area contributed by atoms with Crippen LogP contribution in [0.1, 0.15) is 110 Å². The zero-order valence-corrected chi connectivity index (χ0v) is 19.4. The lowest BCUT2D eigenvalue weighted by atomic mass is 9.98. The van der Waals surface area contributed by atoms with Gasteiger partial charge in [-0.15, -0.1) is 0 Å². The molecule has 0 bridgehead atoms. The number of halogens is 1. The Morgan fingerprint density at radius 2 is 1.15 bits per heavy atom. The zero-order valence-electron chi connectivity index (χ0n) is 18.7. The molecule has 0 aliphatic heterocycles. The van der Waals surface area contributed by atoms with Crippen LogP contribution in [0.25, 0.3) is 0 Å². The lowest BCUT2D eigenvalue weighted by molar-refractivity contribution is -0.954. The molecule has 2 heteroatoms. The zero-order chi connectivity index (χ0) is 19.1. The largest absolute Gasteiger partial charge is 1.00 e. The Balaban J connectivity index is 0.00000676. The summed E-state index contributed by atoms with van der Waals surface area (Å²) < 4.78 is 1.26. The van der Waals surface area contributed by atoms with Crippen molar-refractivity contribution in [2.45, 2.75) is 104 Å². The van der Waals surface area contributed by atoms with Gasteiger partial charge in [0.05, 0.1) is 19.6 Å². The first kappa shape index (κ1) is 26.5. The van der Waals surface area contributed by atoms with Crippen LogP contribution >= 0.6 is 0 Å². The molecule has 1 rings (SSSR count). The Morgan fingerprint density at radius 1 is 0.667 bits per heavy atom. The van der Waals surface area contributed by atoms with Crippen molar-refractivity contribution in [2.24, 2.45) is 0 Å². The predicted octanol–water partition coefficient (Wildman–Crippen LogP) is 4.92. The van der Waals surface area contributed by atoms with Gasteiger partial charge in [-0.1, -0.05) is 95.5 Å². The van der Waals surface area contributed by atoms with E-state index in [9.17, 15) is 0 Å². The molecule has 0 saturated carbocycles. The van der Waals surface area contributed by atoms with Gasteiger partial charge in [0.25, 0.3) is 0 Å². The van der Waals surface area contributed by atoms with Crippen molar-refractivity contribution >= 4 is 0 Å². The van der Waals surface area contributed by atoms with Gasteiger partial charge < -0.3 is 16.9 Å². The minimum Gasteiger partial charge on any atom is -1.00 e. The maximum Gasteiger partial charge on any atom is 0.114 e. The molecule has 0 N–H and O–H groups in total. The second-order valence-corrected chi connectivity index (χ2v) is 8.09. The number of nitrogens with zero attached hydrogens (tertiary/aromatic N) is 1. The van der Waals surface area contributed by atoms with Gasteiger partial charge in [-0.05, 0) is 26.7 Å². The number of hydrogen-bond donors (Lipinski definition) is 0. The number of benzene rings is 1. The molecule has 0 aliphatic carbocycles. The van der Waals surface area contributed by atoms with Crippen molar-refractivity contribution < 1.29 is 16.9 Å². The van der Waals surface area contributed by atoms with Crippen LogP contribution in [0.4, 0.5) is 0 Å². The normalized spacial score (nSPS) is 12.6. The molecule has 1 atom stereocenters. The highest BCUT2D eigenvalue weighted by Crippen LogP contribution is 2.32. The van der Waals surface area contributed by atoms with Crippen molar-refractivity contribution in [3.8, 4) is 0 Å². The van der Waals surface area contributed by atoms with E-state index in [1.807, 2.05) is 0 Å². The van der Waals surface area contributed by atoms with E-state index in [0.29, 0.717) is 6.04 Å². The topological polar surface area (TPSA) is 0 Å². The third-order valence-corrected chi connectivity index (χ3v) is 6.45. The molecule has 1 unspecified atom stereocenters. The van der Waals surface area contributed by atoms with Crippen molar-refractivity contribution in [1.82, 2.24) is 0 Å². The number of rotatable bonds is 16. The fourth-order valence-electron chi connectivity index (χ4n) is 4.66. The molecular formula is C25H46ClN. The molecule has 27 heavy (non-hydrogen) atoms. The van der Waals surface area contributed by atoms with E-state index < -0.39 is 0 Å². The fourth-order valence-corrected chi connectivity index (χ4v) is 4.66. The summed E-state index contributed by atoms with van der Waals surface area (Å²) in [6, 6.07) is 11.9. The molecule has 0 amide bonds. The van der Waals surface area contributed by atoms with Crippen molar-refractivity contribution in [1.29, 1.82) is 0 Å². The second kappa shape index (κ2) is 16.4. The fraction of sp³-hybridized carbons (Fsp3) is 0.760. The van der Waals surface area contributed by atoms with Crippen LogP contribution in [0.15, 0.2) is 30.3 Å². The molecule has 0 spiro atoms. The van der Waals surface area contributed by atoms with Gasteiger partial charge >= 0.3 is 0 Å². The van der Waals surface area contributed by atoms with Gasteiger partial charge in [-0.25, -0.2) is 0 Å². The van der Waals surface area contributed by atoms with Crippen LogP contribution in [0.3, 0.4) is 0 Å². The Kier molecular flexibility index (Phi) is 16.1. The summed E-state index contributed by atoms with van der Waals surface area (Å²) in [4.78, 5) is 0. The average molecular weight is 396 g/mol. The van der Waals surface area contributed by atoms with E-state index in [4.69, 9.17) is 0 Å². The van der Waals surface area contributed by atoms with Gasteiger partial charge in [0.15, 0.2) is 0 Å². The van der Waals surface area contributed by atoms with Crippen LogP contribution in [-0.4, -0.2) is 24.1 Å². The number of hydrogen-bond acceptors (Lipinski definition) is 0. The van der Waals surface area contributed by atoms with Crippen molar-refractivity contribution in [3.63, 3.8) is 0 Å². The average Bonchev–Trinajstić information content (AvgIpc) is 2.69. The summed E-state index contributed by atoms with van der Waals surface area (Å²) in [7, 11) is 0. The maximum absolute atomic E-state index is 2.39. The minimum absolute atomic E-state index is 0. The molecule has 1 nitrogen and oxygen atoms in total. The molecule has 0 fully saturated rings. The molecular weight excluding hydrogens is 350 g/mol. The van der Waals surface area contributed by atoms with Crippen molar-refractivity contribution in [3.05, 3.63) is 35.9 Å². The van der Waals surface area contributed by atoms with Crippen LogP contribution in [0.2, 0.25) is 0 Å². The number of unbranched alkanes of at least 4 members (excludes halogenated alkanes) is 9. The lowest BCUT2D eigenvalue weighted by Crippen LogP contribution is -3.00. The summed E-state index contributed by atoms with van der Waals surface area (Å²) in [5.74, 6) is 0. The smallest absolute Gasteiger partial charge is 0.114 e. The highest BCUT2D eigenvalue weighted by atomic mass is 35.5. The first-order chi connectivity index (χ1) is 12.7. The second-order valence-electron chi connectivity index (χ2n) is 8.09. The highest BCUT2D eigenvalue weighted by Gasteiger charge is 2.33. The highest BCUT2D eigenvalue weighted by molar-refractivity contribution is 5.17. The van der Waals surface area contributed by atoms with Gasteiger partial charge in [-0.2, -0.15) is 0 Å². The first-order valence-electron chi connectivity index (χ1n) is 11.6. The Morgan fingerprint density at radius 3 is 1.59 bits per heavy atom. The molecule has 0 aliphatic rings. The monoisotopic (exact) mass is 395 g/mol. The maximum atomic E-state index is 2.39. The van der Waals surface area contributed by atoms with E-state index in [1.165, 1.54) is 100 Å². The van der Waals surface area contributed by atoms with Crippen LogP contribution < -0.4 is 12.4 Å². The molecule has 1 aromatic rings. The number of quaternary nitrogens is 1. The third kappa shape index (κ3) is 9.48. The van der Waals surface area contributed by atoms with Gasteiger partial charge in [0, 0.05) is 12.0 Å². The van der Waals surface area contributed by atoms with E-state index in [1.54, 1.807) is 0 Å². The van der Waals surface area contributed by atoms with Crippen LogP contribution in [0, 0.1) is 0 Å². The van der Waals surface area contributed by atoms with Crippen molar-refractivity contribution in [2.75, 3.05) is 19.6 Å². The summed E-state index contributed by atoms with van der Waals surface area (Å²) >= 11 is 0. The molecule has 158 valence electrons. The molecule has 0 aromatic heterocycles. The van der Waals surface area contributed by atoms with E-state index in [0.717, 1.165) is 0 Å². The molecule has 1 aromatic carbocycles. The van der Waals surface area contributed by atoms with E-state index in [-0.39, 0.29) is 12.4 Å². The van der Waals surface area contributed by atoms with Gasteiger partial charge in [0.1, 0.15) is 6.04 Å². The minimum atomic E-state index is 0. The van der Waals surface area contributed by atoms with Gasteiger partial charge in [0.2, 0.25) is 0 Å². The molecule has 0 radical (unpaired) electrons. The Labute approximate surface area is 176 Å². The Bertz CT molecular complexity index is 427. The lowest BCUT2D eigenvalue weighted by Gasteiger charge is -2.44. The van der Waals surface area contributed by atoms with E-state index >= 15 is 0 Å². The predicted molar refractivity (Wildman–Crippen MR) is 118 cm³/mol.